The lowest BCUT2D eigenvalue weighted by molar-refractivity contribution is -0.0271. The van der Waals surface area contributed by atoms with Crippen LogP contribution in [-0.2, 0) is 51.8 Å². The molecule has 0 fully saturated rings. The van der Waals surface area contributed by atoms with Crippen molar-refractivity contribution in [1.82, 2.24) is 0 Å². The van der Waals surface area contributed by atoms with E-state index in [2.05, 4.69) is 47.7 Å². The fourth-order valence-corrected chi connectivity index (χ4v) is 3.98. The molecule has 43 heavy (non-hydrogen) atoms. The summed E-state index contributed by atoms with van der Waals surface area (Å²) in [5.74, 6) is 0.600. The molecule has 260 valence electrons. The maximum atomic E-state index is 6.08. The van der Waals surface area contributed by atoms with E-state index in [4.69, 9.17) is 51.8 Å². The Morgan fingerprint density at radius 1 is 0.419 bits per heavy atom. The Balaban J connectivity index is 3.13. The molecule has 0 bridgehead atoms. The molecule has 11 nitrogen and oxygen atoms in total. The van der Waals surface area contributed by atoms with Gasteiger partial charge in [0.25, 0.3) is 0 Å². The Morgan fingerprint density at radius 2 is 0.651 bits per heavy atom. The second kappa shape index (κ2) is 30.4. The van der Waals surface area contributed by atoms with Crippen molar-refractivity contribution in [2.24, 2.45) is 5.92 Å². The summed E-state index contributed by atoms with van der Waals surface area (Å²) in [5, 5.41) is 0.221. The van der Waals surface area contributed by atoms with Crippen molar-refractivity contribution >= 4 is 8.32 Å². The summed E-state index contributed by atoms with van der Waals surface area (Å²) in [4.78, 5) is 0. The zero-order chi connectivity index (χ0) is 31.9. The van der Waals surface area contributed by atoms with Crippen LogP contribution < -0.4 is 0 Å². The molecule has 0 amide bonds. The van der Waals surface area contributed by atoms with Crippen molar-refractivity contribution in [3.63, 3.8) is 0 Å². The smallest absolute Gasteiger partial charge is 0.192 e. The van der Waals surface area contributed by atoms with Gasteiger partial charge in [-0.2, -0.15) is 0 Å². The van der Waals surface area contributed by atoms with E-state index in [1.54, 1.807) is 0 Å². The minimum absolute atomic E-state index is 0.221. The van der Waals surface area contributed by atoms with Crippen LogP contribution in [0.25, 0.3) is 0 Å². The quantitative estimate of drug-likeness (QED) is 0.0745. The zero-order valence-electron chi connectivity index (χ0n) is 28.6. The predicted octanol–water partition coefficient (Wildman–Crippen LogP) is 4.22. The first-order valence-corrected chi connectivity index (χ1v) is 19.0. The monoisotopic (exact) mass is 642 g/mol. The minimum atomic E-state index is -1.69. The Bertz CT molecular complexity index is 564. The van der Waals surface area contributed by atoms with Gasteiger partial charge in [-0.05, 0) is 24.1 Å². The van der Waals surface area contributed by atoms with Crippen molar-refractivity contribution in [3.8, 4) is 0 Å². The van der Waals surface area contributed by atoms with Gasteiger partial charge in [-0.15, -0.1) is 0 Å². The highest BCUT2D eigenvalue weighted by Crippen LogP contribution is 2.36. The van der Waals surface area contributed by atoms with Gasteiger partial charge in [-0.25, -0.2) is 0 Å². The second-order valence-electron chi connectivity index (χ2n) is 11.7. The lowest BCUT2D eigenvalue weighted by Gasteiger charge is -2.36. The van der Waals surface area contributed by atoms with E-state index in [9.17, 15) is 0 Å². The highest BCUT2D eigenvalue weighted by molar-refractivity contribution is 6.74. The van der Waals surface area contributed by atoms with E-state index in [1.807, 2.05) is 0 Å². The van der Waals surface area contributed by atoms with Crippen LogP contribution in [0.4, 0.5) is 0 Å². The van der Waals surface area contributed by atoms with Gasteiger partial charge in [0, 0.05) is 6.61 Å². The molecular weight excluding hydrogens is 576 g/mol. The molecule has 0 aromatic heterocycles. The van der Waals surface area contributed by atoms with Crippen LogP contribution in [0.1, 0.15) is 41.0 Å². The highest BCUT2D eigenvalue weighted by Gasteiger charge is 2.36. The number of hydrogen-bond acceptors (Lipinski definition) is 11. The Kier molecular flexibility index (Phi) is 30.3. The first-order chi connectivity index (χ1) is 20.7. The third-order valence-electron chi connectivity index (χ3n) is 6.94. The van der Waals surface area contributed by atoms with Crippen LogP contribution in [0.2, 0.25) is 18.1 Å². The molecule has 0 spiro atoms. The van der Waals surface area contributed by atoms with Gasteiger partial charge < -0.3 is 51.8 Å². The van der Waals surface area contributed by atoms with Crippen LogP contribution >= 0.6 is 0 Å². The molecule has 0 N–H and O–H groups in total. The molecule has 0 aliphatic carbocycles. The minimum Gasteiger partial charge on any atom is -0.414 e. The molecule has 0 rings (SSSR count). The van der Waals surface area contributed by atoms with Crippen LogP contribution in [0.5, 0.6) is 0 Å². The molecule has 0 aromatic carbocycles. The highest BCUT2D eigenvalue weighted by atomic mass is 28.4. The van der Waals surface area contributed by atoms with Crippen LogP contribution in [0, 0.1) is 5.92 Å². The molecular formula is C31H66O11Si. The van der Waals surface area contributed by atoms with Crippen molar-refractivity contribution in [3.05, 3.63) is 0 Å². The molecule has 0 heterocycles. The van der Waals surface area contributed by atoms with Gasteiger partial charge in [0.05, 0.1) is 132 Å². The SMILES string of the molecule is CCC(C)COCCOCCOCCOCCOCCOCCOCCOCCOCCOCCO[Si](C)(C)C(C)(C)C. The van der Waals surface area contributed by atoms with Crippen molar-refractivity contribution < 1.29 is 51.8 Å². The summed E-state index contributed by atoms with van der Waals surface area (Å²) in [6.07, 6.45) is 1.14. The maximum absolute atomic E-state index is 6.08. The summed E-state index contributed by atoms with van der Waals surface area (Å²) in [5.41, 5.74) is 0. The van der Waals surface area contributed by atoms with Crippen molar-refractivity contribution in [1.29, 1.82) is 0 Å². The molecule has 12 heteroatoms. The molecule has 0 aliphatic heterocycles. The average molecular weight is 643 g/mol. The second-order valence-corrected chi connectivity index (χ2v) is 16.5. The summed E-state index contributed by atoms with van der Waals surface area (Å²) in [6.45, 7) is 27.4. The molecule has 1 unspecified atom stereocenters. The number of hydrogen-bond donors (Lipinski definition) is 0. The average Bonchev–Trinajstić information content (AvgIpc) is 2.96. The Morgan fingerprint density at radius 3 is 0.884 bits per heavy atom. The third-order valence-corrected chi connectivity index (χ3v) is 11.5. The normalized spacial score (nSPS) is 13.2. The largest absolute Gasteiger partial charge is 0.414 e. The third kappa shape index (κ3) is 30.2. The number of ether oxygens (including phenoxy) is 10. The number of rotatable bonds is 34. The molecule has 1 atom stereocenters. The van der Waals surface area contributed by atoms with E-state index < -0.39 is 8.32 Å². The zero-order valence-corrected chi connectivity index (χ0v) is 29.6. The fourth-order valence-electron chi connectivity index (χ4n) is 2.95. The molecule has 0 aliphatic rings. The van der Waals surface area contributed by atoms with E-state index in [0.717, 1.165) is 13.0 Å². The van der Waals surface area contributed by atoms with Gasteiger partial charge in [-0.3, -0.25) is 0 Å². The van der Waals surface area contributed by atoms with Gasteiger partial charge in [0.1, 0.15) is 0 Å². The summed E-state index contributed by atoms with van der Waals surface area (Å²) in [7, 11) is -1.69. The summed E-state index contributed by atoms with van der Waals surface area (Å²) in [6, 6.07) is 0. The van der Waals surface area contributed by atoms with E-state index >= 15 is 0 Å². The van der Waals surface area contributed by atoms with Crippen molar-refractivity contribution in [2.75, 3.05) is 139 Å². The van der Waals surface area contributed by atoms with E-state index in [-0.39, 0.29) is 5.04 Å². The van der Waals surface area contributed by atoms with E-state index in [1.165, 1.54) is 0 Å². The fraction of sp³-hybridized carbons (Fsp3) is 1.00. The van der Waals surface area contributed by atoms with Crippen molar-refractivity contribution in [2.45, 2.75) is 59.2 Å². The van der Waals surface area contributed by atoms with Crippen LogP contribution in [0.3, 0.4) is 0 Å². The van der Waals surface area contributed by atoms with Gasteiger partial charge in [0.2, 0.25) is 0 Å². The van der Waals surface area contributed by atoms with E-state index in [0.29, 0.717) is 138 Å². The lowest BCUT2D eigenvalue weighted by atomic mass is 10.1. The maximum Gasteiger partial charge on any atom is 0.192 e. The summed E-state index contributed by atoms with van der Waals surface area (Å²) < 4.78 is 61.1. The molecule has 0 aromatic rings. The first kappa shape index (κ1) is 42.8. The molecule has 0 saturated heterocycles. The Labute approximate surface area is 263 Å². The molecule has 0 radical (unpaired) electrons. The topological polar surface area (TPSA) is 102 Å². The van der Waals surface area contributed by atoms with Crippen LogP contribution in [0.15, 0.2) is 0 Å². The van der Waals surface area contributed by atoms with Gasteiger partial charge in [-0.1, -0.05) is 41.0 Å². The standard InChI is InChI=1S/C31H66O11Si/c1-8-30(2)29-41-26-25-39-22-21-37-18-17-35-14-13-33-10-9-32-11-12-34-15-16-36-19-20-38-23-24-40-27-28-42-43(6,7)31(3,4)5/h30H,8-29H2,1-7H3. The molecule has 0 saturated carbocycles. The lowest BCUT2D eigenvalue weighted by Crippen LogP contribution is -2.41. The summed E-state index contributed by atoms with van der Waals surface area (Å²) >= 11 is 0. The first-order valence-electron chi connectivity index (χ1n) is 16.1. The van der Waals surface area contributed by atoms with Crippen LogP contribution in [-0.4, -0.2) is 147 Å². The van der Waals surface area contributed by atoms with Gasteiger partial charge >= 0.3 is 0 Å². The predicted molar refractivity (Wildman–Crippen MR) is 171 cm³/mol. The Hall–Kier alpha value is -0.223. The van der Waals surface area contributed by atoms with Gasteiger partial charge in [0.15, 0.2) is 8.32 Å².